The molecule has 190 valence electrons. The van der Waals surface area contributed by atoms with Crippen molar-refractivity contribution in [2.75, 3.05) is 4.90 Å². The van der Waals surface area contributed by atoms with Crippen molar-refractivity contribution in [3.63, 3.8) is 0 Å². The van der Waals surface area contributed by atoms with Crippen LogP contribution in [0.25, 0.3) is 0 Å². The van der Waals surface area contributed by atoms with Gasteiger partial charge in [0.2, 0.25) is 0 Å². The number of nitrogens with zero attached hydrogens (tertiary/aromatic N) is 1. The van der Waals surface area contributed by atoms with Crippen LogP contribution in [0.5, 0.6) is 5.75 Å². The fraction of sp³-hybridized carbons (Fsp3) is 0.143. The third kappa shape index (κ3) is 6.71. The van der Waals surface area contributed by atoms with E-state index in [4.69, 9.17) is 4.74 Å². The quantitative estimate of drug-likeness (QED) is 0.177. The topological polar surface area (TPSA) is 12.5 Å². The molecule has 0 saturated heterocycles. The first-order chi connectivity index (χ1) is 18.7. The van der Waals surface area contributed by atoms with Crippen molar-refractivity contribution >= 4 is 24.9 Å². The van der Waals surface area contributed by atoms with Crippen LogP contribution in [0, 0.1) is 13.8 Å². The number of hydrogen-bond donors (Lipinski definition) is 0. The van der Waals surface area contributed by atoms with Gasteiger partial charge in [-0.05, 0) is 54.3 Å². The van der Waals surface area contributed by atoms with Gasteiger partial charge in [-0.1, -0.05) is 123 Å². The molecule has 0 amide bonds. The van der Waals surface area contributed by atoms with Crippen LogP contribution in [0.15, 0.2) is 127 Å². The van der Waals surface area contributed by atoms with Crippen LogP contribution >= 0.6 is 8.58 Å². The Hall–Kier alpha value is -3.87. The molecule has 2 nitrogen and oxygen atoms in total. The fourth-order valence-corrected chi connectivity index (χ4v) is 6.15. The summed E-state index contributed by atoms with van der Waals surface area (Å²) in [7, 11) is 0.485. The molecule has 5 aromatic rings. The molecule has 0 spiro atoms. The molecular weight excluding hydrogens is 481 g/mol. The van der Waals surface area contributed by atoms with Crippen molar-refractivity contribution in [3.05, 3.63) is 155 Å². The van der Waals surface area contributed by atoms with E-state index in [2.05, 4.69) is 140 Å². The summed E-state index contributed by atoms with van der Waals surface area (Å²) in [6.07, 6.45) is 0. The van der Waals surface area contributed by atoms with Gasteiger partial charge in [-0.3, -0.25) is 0 Å². The largest absolute Gasteiger partial charge is 0.488 e. The molecule has 1 atom stereocenters. The second-order valence-electron chi connectivity index (χ2n) is 9.70. The normalized spacial score (nSPS) is 11.1. The number of aryl methyl sites for hydroxylation is 2. The molecule has 0 aliphatic rings. The summed E-state index contributed by atoms with van der Waals surface area (Å²) in [5.41, 5.74) is 7.63. The van der Waals surface area contributed by atoms with E-state index in [1.54, 1.807) is 0 Å². The lowest BCUT2D eigenvalue weighted by atomic mass is 10.1. The fourth-order valence-electron chi connectivity index (χ4n) is 4.65. The van der Waals surface area contributed by atoms with E-state index < -0.39 is 0 Å². The molecule has 5 rings (SSSR count). The maximum atomic E-state index is 6.38. The van der Waals surface area contributed by atoms with Gasteiger partial charge in [-0.15, -0.1) is 0 Å². The Morgan fingerprint density at radius 2 is 1.18 bits per heavy atom. The third-order valence-electron chi connectivity index (χ3n) is 6.66. The highest BCUT2D eigenvalue weighted by atomic mass is 31.1. The van der Waals surface area contributed by atoms with Gasteiger partial charge in [0.25, 0.3) is 0 Å². The predicted octanol–water partition coefficient (Wildman–Crippen LogP) is 7.72. The number of ether oxygens (including phenoxy) is 1. The van der Waals surface area contributed by atoms with Crippen molar-refractivity contribution in [3.8, 4) is 5.75 Å². The summed E-state index contributed by atoms with van der Waals surface area (Å²) >= 11 is 0. The van der Waals surface area contributed by atoms with Crippen LogP contribution in [0.1, 0.15) is 27.8 Å². The van der Waals surface area contributed by atoms with Crippen LogP contribution < -0.4 is 20.2 Å². The zero-order chi connectivity index (χ0) is 26.2. The summed E-state index contributed by atoms with van der Waals surface area (Å²) in [5.74, 6) is 0.963. The second-order valence-corrected chi connectivity index (χ2v) is 11.0. The Labute approximate surface area is 228 Å². The van der Waals surface area contributed by atoms with E-state index in [-0.39, 0.29) is 0 Å². The summed E-state index contributed by atoms with van der Waals surface area (Å²) in [6.45, 7) is 6.65. The maximum Gasteiger partial charge on any atom is 0.127 e. The maximum absolute atomic E-state index is 6.38. The molecule has 0 aliphatic carbocycles. The lowest BCUT2D eigenvalue weighted by molar-refractivity contribution is 0.309. The lowest BCUT2D eigenvalue weighted by Gasteiger charge is -2.29. The highest BCUT2D eigenvalue weighted by Crippen LogP contribution is 2.29. The molecular formula is C35H34NOP. The minimum absolute atomic E-state index is 0.485. The summed E-state index contributed by atoms with van der Waals surface area (Å²) in [5, 5.41) is 2.62. The summed E-state index contributed by atoms with van der Waals surface area (Å²) < 4.78 is 6.38. The first kappa shape index (κ1) is 25.8. The van der Waals surface area contributed by atoms with E-state index in [1.807, 2.05) is 6.07 Å². The van der Waals surface area contributed by atoms with Crippen LogP contribution in [-0.4, -0.2) is 0 Å². The molecule has 0 saturated carbocycles. The van der Waals surface area contributed by atoms with Crippen LogP contribution in [0.4, 0.5) is 5.69 Å². The van der Waals surface area contributed by atoms with Gasteiger partial charge >= 0.3 is 0 Å². The van der Waals surface area contributed by atoms with Gasteiger partial charge in [-0.25, -0.2) is 0 Å². The van der Waals surface area contributed by atoms with Crippen molar-refractivity contribution in [1.29, 1.82) is 0 Å². The number of hydrogen-bond acceptors (Lipinski definition) is 2. The van der Waals surface area contributed by atoms with Crippen LogP contribution in [0.2, 0.25) is 0 Å². The molecule has 0 radical (unpaired) electrons. The molecule has 0 fully saturated rings. The monoisotopic (exact) mass is 515 g/mol. The molecule has 0 aliphatic heterocycles. The van der Waals surface area contributed by atoms with E-state index >= 15 is 0 Å². The Morgan fingerprint density at radius 1 is 0.605 bits per heavy atom. The Morgan fingerprint density at radius 3 is 1.79 bits per heavy atom. The van der Waals surface area contributed by atoms with Crippen molar-refractivity contribution in [1.82, 2.24) is 0 Å². The number of rotatable bonds is 10. The van der Waals surface area contributed by atoms with Crippen molar-refractivity contribution in [2.45, 2.75) is 33.5 Å². The highest BCUT2D eigenvalue weighted by Gasteiger charge is 2.17. The van der Waals surface area contributed by atoms with E-state index in [0.29, 0.717) is 15.2 Å². The van der Waals surface area contributed by atoms with Gasteiger partial charge < -0.3 is 9.64 Å². The zero-order valence-electron chi connectivity index (χ0n) is 22.1. The standard InChI is InChI=1S/C35H34NOP/c1-27-21-22-33(37-26-31-18-10-5-11-19-31)34(23-27)38-35-28(2)13-12-20-32(35)36(24-29-14-6-3-7-15-29)25-30-16-8-4-9-17-30/h3-23,38H,24-26H2,1-2H3. The molecule has 1 unspecified atom stereocenters. The highest BCUT2D eigenvalue weighted by molar-refractivity contribution is 7.56. The van der Waals surface area contributed by atoms with Gasteiger partial charge in [-0.2, -0.15) is 0 Å². The second kappa shape index (κ2) is 12.6. The molecule has 0 bridgehead atoms. The molecule has 5 aromatic carbocycles. The van der Waals surface area contributed by atoms with E-state index in [1.165, 1.54) is 44.1 Å². The Balaban J connectivity index is 1.49. The number of anilines is 1. The average molecular weight is 516 g/mol. The Kier molecular flexibility index (Phi) is 8.53. The van der Waals surface area contributed by atoms with E-state index in [0.717, 1.165) is 18.8 Å². The minimum atomic E-state index is 0.485. The lowest BCUT2D eigenvalue weighted by Crippen LogP contribution is -2.27. The Bertz CT molecular complexity index is 1410. The van der Waals surface area contributed by atoms with Crippen LogP contribution in [0.3, 0.4) is 0 Å². The molecule has 3 heteroatoms. The summed E-state index contributed by atoms with van der Waals surface area (Å²) in [4.78, 5) is 2.51. The van der Waals surface area contributed by atoms with Crippen molar-refractivity contribution in [2.24, 2.45) is 0 Å². The SMILES string of the molecule is Cc1ccc(OCc2ccccc2)c(Pc2c(C)cccc2N(Cc2ccccc2)Cc2ccccc2)c1. The smallest absolute Gasteiger partial charge is 0.127 e. The first-order valence-electron chi connectivity index (χ1n) is 13.1. The third-order valence-corrected chi connectivity index (χ3v) is 8.22. The minimum Gasteiger partial charge on any atom is -0.488 e. The van der Waals surface area contributed by atoms with Gasteiger partial charge in [0.05, 0.1) is 0 Å². The van der Waals surface area contributed by atoms with Crippen molar-refractivity contribution < 1.29 is 4.74 Å². The molecule has 38 heavy (non-hydrogen) atoms. The summed E-state index contributed by atoms with van der Waals surface area (Å²) in [6, 6.07) is 45.2. The van der Waals surface area contributed by atoms with E-state index in [9.17, 15) is 0 Å². The van der Waals surface area contributed by atoms with Gasteiger partial charge in [0.15, 0.2) is 0 Å². The number of benzene rings is 5. The molecule has 0 heterocycles. The molecule has 0 N–H and O–H groups in total. The predicted molar refractivity (Wildman–Crippen MR) is 163 cm³/mol. The van der Waals surface area contributed by atoms with Gasteiger partial charge in [0, 0.05) is 29.4 Å². The van der Waals surface area contributed by atoms with Crippen LogP contribution in [-0.2, 0) is 19.7 Å². The molecule has 0 aromatic heterocycles. The first-order valence-corrected chi connectivity index (χ1v) is 14.1. The average Bonchev–Trinajstić information content (AvgIpc) is 2.95. The van der Waals surface area contributed by atoms with Gasteiger partial charge in [0.1, 0.15) is 12.4 Å². The zero-order valence-corrected chi connectivity index (χ0v) is 23.1.